The summed E-state index contributed by atoms with van der Waals surface area (Å²) >= 11 is 0. The fraction of sp³-hybridized carbons (Fsp3) is 0.923. The van der Waals surface area contributed by atoms with Crippen LogP contribution in [0.3, 0.4) is 0 Å². The quantitative estimate of drug-likeness (QED) is 0.821. The average molecular weight is 261 g/mol. The lowest BCUT2D eigenvalue weighted by molar-refractivity contribution is -0.140. The van der Waals surface area contributed by atoms with Crippen LogP contribution in [0.1, 0.15) is 27.2 Å². The number of amides is 1. The predicted octanol–water partition coefficient (Wildman–Crippen LogP) is 1.77. The number of halogens is 1. The van der Waals surface area contributed by atoms with E-state index < -0.39 is 0 Å². The van der Waals surface area contributed by atoms with E-state index in [9.17, 15) is 4.79 Å². The topological polar surface area (TPSA) is 32.3 Å². The van der Waals surface area contributed by atoms with E-state index in [2.05, 4.69) is 31.0 Å². The highest BCUT2D eigenvalue weighted by Crippen LogP contribution is 2.25. The minimum absolute atomic E-state index is 0. The average Bonchev–Trinajstić information content (AvgIpc) is 2.12. The zero-order valence-electron chi connectivity index (χ0n) is 11.1. The molecule has 0 aliphatic carbocycles. The van der Waals surface area contributed by atoms with E-state index in [1.165, 1.54) is 6.42 Å². The van der Waals surface area contributed by atoms with Crippen molar-refractivity contribution in [2.24, 2.45) is 23.7 Å². The molecule has 2 rings (SSSR count). The summed E-state index contributed by atoms with van der Waals surface area (Å²) in [7, 11) is 0. The van der Waals surface area contributed by atoms with Crippen molar-refractivity contribution in [2.45, 2.75) is 27.2 Å². The van der Waals surface area contributed by atoms with Crippen LogP contribution in [0.15, 0.2) is 0 Å². The van der Waals surface area contributed by atoms with Gasteiger partial charge in [0.05, 0.1) is 0 Å². The van der Waals surface area contributed by atoms with Crippen LogP contribution in [0.2, 0.25) is 0 Å². The number of hydrogen-bond acceptors (Lipinski definition) is 2. The number of piperidine rings is 1. The van der Waals surface area contributed by atoms with Gasteiger partial charge >= 0.3 is 0 Å². The highest BCUT2D eigenvalue weighted by molar-refractivity contribution is 5.85. The first kappa shape index (κ1) is 14.8. The summed E-state index contributed by atoms with van der Waals surface area (Å²) in [6, 6.07) is 0. The molecule has 2 heterocycles. The SMILES string of the molecule is CC1CC(C)CN(C(=O)C(C)C2CNC2)C1.Cl. The van der Waals surface area contributed by atoms with Crippen LogP contribution in [0.4, 0.5) is 0 Å². The Morgan fingerprint density at radius 1 is 1.24 bits per heavy atom. The molecule has 2 saturated heterocycles. The lowest BCUT2D eigenvalue weighted by Crippen LogP contribution is -2.52. The highest BCUT2D eigenvalue weighted by Gasteiger charge is 2.34. The summed E-state index contributed by atoms with van der Waals surface area (Å²) < 4.78 is 0. The minimum atomic E-state index is 0. The summed E-state index contributed by atoms with van der Waals surface area (Å²) in [6.07, 6.45) is 1.27. The highest BCUT2D eigenvalue weighted by atomic mass is 35.5. The molecule has 2 aliphatic heterocycles. The second-order valence-electron chi connectivity index (χ2n) is 5.90. The Morgan fingerprint density at radius 2 is 1.76 bits per heavy atom. The molecule has 0 spiro atoms. The maximum absolute atomic E-state index is 12.3. The summed E-state index contributed by atoms with van der Waals surface area (Å²) in [5.74, 6) is 2.49. The van der Waals surface area contributed by atoms with E-state index in [1.807, 2.05) is 0 Å². The van der Waals surface area contributed by atoms with Gasteiger partial charge in [0.25, 0.3) is 0 Å². The number of likely N-dealkylation sites (tertiary alicyclic amines) is 1. The molecule has 0 radical (unpaired) electrons. The summed E-state index contributed by atoms with van der Waals surface area (Å²) in [5.41, 5.74) is 0. The van der Waals surface area contributed by atoms with Crippen LogP contribution < -0.4 is 5.32 Å². The smallest absolute Gasteiger partial charge is 0.225 e. The van der Waals surface area contributed by atoms with Gasteiger partial charge in [0.1, 0.15) is 0 Å². The monoisotopic (exact) mass is 260 g/mol. The fourth-order valence-corrected chi connectivity index (χ4v) is 3.00. The normalized spacial score (nSPS) is 31.4. The van der Waals surface area contributed by atoms with Crippen LogP contribution in [-0.2, 0) is 4.79 Å². The van der Waals surface area contributed by atoms with Crippen LogP contribution in [0.25, 0.3) is 0 Å². The van der Waals surface area contributed by atoms with Gasteiger partial charge in [0.2, 0.25) is 5.91 Å². The van der Waals surface area contributed by atoms with Gasteiger partial charge in [0, 0.05) is 19.0 Å². The third-order valence-electron chi connectivity index (χ3n) is 4.09. The molecule has 0 aromatic carbocycles. The van der Waals surface area contributed by atoms with E-state index in [1.54, 1.807) is 0 Å². The second kappa shape index (κ2) is 6.05. The van der Waals surface area contributed by atoms with Gasteiger partial charge in [0.15, 0.2) is 0 Å². The maximum atomic E-state index is 12.3. The molecule has 3 atom stereocenters. The molecule has 0 aromatic rings. The lowest BCUT2D eigenvalue weighted by Gasteiger charge is -2.39. The number of nitrogens with zero attached hydrogens (tertiary/aromatic N) is 1. The van der Waals surface area contributed by atoms with Crippen molar-refractivity contribution in [3.05, 3.63) is 0 Å². The molecule has 100 valence electrons. The zero-order chi connectivity index (χ0) is 11.7. The summed E-state index contributed by atoms with van der Waals surface area (Å²) in [6.45, 7) is 10.6. The fourth-order valence-electron chi connectivity index (χ4n) is 3.00. The van der Waals surface area contributed by atoms with Crippen LogP contribution >= 0.6 is 12.4 Å². The Bertz CT molecular complexity index is 258. The van der Waals surface area contributed by atoms with Crippen LogP contribution in [0.5, 0.6) is 0 Å². The van der Waals surface area contributed by atoms with Gasteiger partial charge in [-0.15, -0.1) is 12.4 Å². The largest absolute Gasteiger partial charge is 0.342 e. The van der Waals surface area contributed by atoms with Gasteiger partial charge in [-0.25, -0.2) is 0 Å². The Hall–Kier alpha value is -0.280. The van der Waals surface area contributed by atoms with E-state index in [-0.39, 0.29) is 18.3 Å². The van der Waals surface area contributed by atoms with Crippen molar-refractivity contribution >= 4 is 18.3 Å². The predicted molar refractivity (Wildman–Crippen MR) is 72.3 cm³/mol. The van der Waals surface area contributed by atoms with E-state index in [4.69, 9.17) is 0 Å². The van der Waals surface area contributed by atoms with Crippen molar-refractivity contribution in [3.8, 4) is 0 Å². The first-order valence-electron chi connectivity index (χ1n) is 6.57. The maximum Gasteiger partial charge on any atom is 0.225 e. The van der Waals surface area contributed by atoms with E-state index in [0.29, 0.717) is 23.7 Å². The number of rotatable bonds is 2. The molecule has 2 aliphatic rings. The molecule has 2 fully saturated rings. The molecule has 17 heavy (non-hydrogen) atoms. The number of carbonyl (C=O) groups excluding carboxylic acids is 1. The molecule has 3 nitrogen and oxygen atoms in total. The third-order valence-corrected chi connectivity index (χ3v) is 4.09. The third kappa shape index (κ3) is 3.35. The molecule has 1 N–H and O–H groups in total. The van der Waals surface area contributed by atoms with Gasteiger partial charge < -0.3 is 10.2 Å². The summed E-state index contributed by atoms with van der Waals surface area (Å²) in [4.78, 5) is 14.4. The van der Waals surface area contributed by atoms with Crippen molar-refractivity contribution in [2.75, 3.05) is 26.2 Å². The number of nitrogens with one attached hydrogen (secondary N) is 1. The Balaban J connectivity index is 0.00000144. The Morgan fingerprint density at radius 3 is 2.18 bits per heavy atom. The molecule has 3 unspecified atom stereocenters. The summed E-state index contributed by atoms with van der Waals surface area (Å²) in [5, 5.41) is 3.25. The van der Waals surface area contributed by atoms with Gasteiger partial charge in [-0.05, 0) is 37.3 Å². The second-order valence-corrected chi connectivity index (χ2v) is 5.90. The number of hydrogen-bond donors (Lipinski definition) is 1. The van der Waals surface area contributed by atoms with Crippen molar-refractivity contribution in [1.82, 2.24) is 10.2 Å². The minimum Gasteiger partial charge on any atom is -0.342 e. The van der Waals surface area contributed by atoms with Crippen molar-refractivity contribution in [3.63, 3.8) is 0 Å². The molecular formula is C13H25ClN2O. The zero-order valence-corrected chi connectivity index (χ0v) is 11.9. The van der Waals surface area contributed by atoms with E-state index >= 15 is 0 Å². The van der Waals surface area contributed by atoms with E-state index in [0.717, 1.165) is 26.2 Å². The molecular weight excluding hydrogens is 236 g/mol. The Kier molecular flexibility index (Phi) is 5.26. The Labute approximate surface area is 111 Å². The first-order chi connectivity index (χ1) is 7.58. The molecule has 4 heteroatoms. The number of carbonyl (C=O) groups is 1. The molecule has 0 bridgehead atoms. The molecule has 0 saturated carbocycles. The van der Waals surface area contributed by atoms with Gasteiger partial charge in [-0.1, -0.05) is 20.8 Å². The lowest BCUT2D eigenvalue weighted by atomic mass is 9.85. The standard InChI is InChI=1S/C13H24N2O.ClH/c1-9-4-10(2)8-15(7-9)13(16)11(3)12-5-14-6-12;/h9-12,14H,4-8H2,1-3H3;1H. The van der Waals surface area contributed by atoms with Gasteiger partial charge in [-0.3, -0.25) is 4.79 Å². The van der Waals surface area contributed by atoms with Crippen LogP contribution in [0, 0.1) is 23.7 Å². The molecule has 0 aromatic heterocycles. The molecule has 1 amide bonds. The van der Waals surface area contributed by atoms with Crippen molar-refractivity contribution in [1.29, 1.82) is 0 Å². The van der Waals surface area contributed by atoms with Crippen LogP contribution in [-0.4, -0.2) is 37.0 Å². The van der Waals surface area contributed by atoms with Gasteiger partial charge in [-0.2, -0.15) is 0 Å². The first-order valence-corrected chi connectivity index (χ1v) is 6.57. The van der Waals surface area contributed by atoms with Crippen molar-refractivity contribution < 1.29 is 4.79 Å².